The minimum absolute atomic E-state index is 0.105. The number of amides is 4. The molecule has 0 fully saturated rings. The van der Waals surface area contributed by atoms with E-state index in [0.717, 1.165) is 6.42 Å². The van der Waals surface area contributed by atoms with Crippen LogP contribution in [0.4, 0.5) is 4.79 Å². The number of carbonyl (C=O) groups excluding carboxylic acids is 3. The molecular formula is C11H19N3O5. The third kappa shape index (κ3) is 10.7. The van der Waals surface area contributed by atoms with E-state index in [1.54, 1.807) is 0 Å². The molecule has 8 nitrogen and oxygen atoms in total. The fourth-order valence-electron chi connectivity index (χ4n) is 1.10. The van der Waals surface area contributed by atoms with E-state index in [-0.39, 0.29) is 31.7 Å². The number of carboxylic acid groups (broad SMARTS) is 1. The van der Waals surface area contributed by atoms with E-state index in [2.05, 4.69) is 10.6 Å². The maximum absolute atomic E-state index is 11.2. The van der Waals surface area contributed by atoms with Crippen molar-refractivity contribution in [1.82, 2.24) is 16.0 Å². The summed E-state index contributed by atoms with van der Waals surface area (Å²) in [6, 6.07) is -0.737. The molecule has 0 bridgehead atoms. The Balaban J connectivity index is 3.66. The Labute approximate surface area is 110 Å². The van der Waals surface area contributed by atoms with Crippen molar-refractivity contribution in [3.63, 3.8) is 0 Å². The predicted molar refractivity (Wildman–Crippen MR) is 66.3 cm³/mol. The van der Waals surface area contributed by atoms with Gasteiger partial charge in [0.05, 0.1) is 6.42 Å². The molecule has 0 aromatic heterocycles. The fourth-order valence-corrected chi connectivity index (χ4v) is 1.10. The summed E-state index contributed by atoms with van der Waals surface area (Å²) in [5.41, 5.74) is 0. The van der Waals surface area contributed by atoms with Gasteiger partial charge >= 0.3 is 12.0 Å². The highest BCUT2D eigenvalue weighted by Gasteiger charge is 2.09. The van der Waals surface area contributed by atoms with Gasteiger partial charge in [0.1, 0.15) is 0 Å². The second-order valence-electron chi connectivity index (χ2n) is 3.80. The lowest BCUT2D eigenvalue weighted by molar-refractivity contribution is -0.138. The van der Waals surface area contributed by atoms with E-state index >= 15 is 0 Å². The number of urea groups is 1. The first-order chi connectivity index (χ1) is 8.95. The first-order valence-corrected chi connectivity index (χ1v) is 6.01. The molecule has 0 aliphatic carbocycles. The molecule has 0 aromatic rings. The van der Waals surface area contributed by atoms with E-state index in [1.165, 1.54) is 0 Å². The van der Waals surface area contributed by atoms with Crippen LogP contribution in [0.3, 0.4) is 0 Å². The topological polar surface area (TPSA) is 125 Å². The van der Waals surface area contributed by atoms with Crippen LogP contribution in [-0.2, 0) is 14.4 Å². The van der Waals surface area contributed by atoms with Crippen molar-refractivity contribution in [2.24, 2.45) is 0 Å². The summed E-state index contributed by atoms with van der Waals surface area (Å²) in [6.07, 6.45) is 0.354. The predicted octanol–water partition coefficient (Wildman–Crippen LogP) is -0.407. The van der Waals surface area contributed by atoms with Crippen molar-refractivity contribution in [2.45, 2.75) is 32.6 Å². The number of nitrogens with one attached hydrogen (secondary N) is 3. The van der Waals surface area contributed by atoms with Crippen molar-refractivity contribution in [1.29, 1.82) is 0 Å². The Morgan fingerprint density at radius 2 is 1.58 bits per heavy atom. The molecule has 0 heterocycles. The highest BCUT2D eigenvalue weighted by atomic mass is 16.4. The van der Waals surface area contributed by atoms with Crippen LogP contribution in [0.5, 0.6) is 0 Å². The molecule has 0 saturated heterocycles. The molecule has 8 heteroatoms. The van der Waals surface area contributed by atoms with Gasteiger partial charge in [0, 0.05) is 25.9 Å². The lowest BCUT2D eigenvalue weighted by Gasteiger charge is -2.06. The number of hydrogen-bond donors (Lipinski definition) is 4. The van der Waals surface area contributed by atoms with Gasteiger partial charge in [-0.15, -0.1) is 0 Å². The van der Waals surface area contributed by atoms with Crippen LogP contribution in [0.1, 0.15) is 32.6 Å². The van der Waals surface area contributed by atoms with Crippen LogP contribution in [0.25, 0.3) is 0 Å². The molecule has 0 aliphatic heterocycles. The number of imide groups is 1. The number of carboxylic acids is 1. The third-order valence-electron chi connectivity index (χ3n) is 2.03. The minimum atomic E-state index is -1.11. The van der Waals surface area contributed by atoms with Gasteiger partial charge in [-0.2, -0.15) is 0 Å². The molecule has 0 radical (unpaired) electrons. The largest absolute Gasteiger partial charge is 0.481 e. The smallest absolute Gasteiger partial charge is 0.321 e. The van der Waals surface area contributed by atoms with Crippen molar-refractivity contribution in [2.75, 3.05) is 13.1 Å². The maximum Gasteiger partial charge on any atom is 0.321 e. The van der Waals surface area contributed by atoms with Crippen LogP contribution in [0.2, 0.25) is 0 Å². The summed E-state index contributed by atoms with van der Waals surface area (Å²) in [5.74, 6) is -1.96. The zero-order chi connectivity index (χ0) is 14.7. The Morgan fingerprint density at radius 3 is 2.16 bits per heavy atom. The van der Waals surface area contributed by atoms with E-state index in [0.29, 0.717) is 6.54 Å². The molecule has 0 spiro atoms. The monoisotopic (exact) mass is 273 g/mol. The highest BCUT2D eigenvalue weighted by molar-refractivity contribution is 5.95. The average Bonchev–Trinajstić information content (AvgIpc) is 2.33. The Kier molecular flexibility index (Phi) is 8.76. The van der Waals surface area contributed by atoms with Crippen LogP contribution in [0.15, 0.2) is 0 Å². The summed E-state index contributed by atoms with van der Waals surface area (Å²) in [6.45, 7) is 2.61. The van der Waals surface area contributed by atoms with Crippen molar-refractivity contribution in [3.05, 3.63) is 0 Å². The molecule has 4 amide bonds. The number of rotatable bonds is 8. The quantitative estimate of drug-likeness (QED) is 0.478. The molecule has 0 saturated carbocycles. The van der Waals surface area contributed by atoms with Gasteiger partial charge in [-0.25, -0.2) is 4.79 Å². The second kappa shape index (κ2) is 9.86. The van der Waals surface area contributed by atoms with Crippen LogP contribution >= 0.6 is 0 Å². The van der Waals surface area contributed by atoms with Gasteiger partial charge < -0.3 is 15.7 Å². The van der Waals surface area contributed by atoms with Crippen LogP contribution in [0, 0.1) is 0 Å². The van der Waals surface area contributed by atoms with Gasteiger partial charge in [0.15, 0.2) is 0 Å². The standard InChI is InChI=1S/C11H19N3O5/c1-2-6-12-8(15)5-7-13-11(19)14-9(16)3-4-10(17)18/h2-7H2,1H3,(H,12,15)(H,17,18)(H2,13,14,16,19). The first-order valence-electron chi connectivity index (χ1n) is 6.01. The Hall–Kier alpha value is -2.12. The van der Waals surface area contributed by atoms with E-state index < -0.39 is 17.9 Å². The summed E-state index contributed by atoms with van der Waals surface area (Å²) in [4.78, 5) is 43.6. The van der Waals surface area contributed by atoms with Gasteiger partial charge in [0.25, 0.3) is 0 Å². The number of hydrogen-bond acceptors (Lipinski definition) is 4. The van der Waals surface area contributed by atoms with Crippen molar-refractivity contribution < 1.29 is 24.3 Å². The fraction of sp³-hybridized carbons (Fsp3) is 0.636. The summed E-state index contributed by atoms with van der Waals surface area (Å²) in [7, 11) is 0. The SMILES string of the molecule is CCCNC(=O)CCNC(=O)NC(=O)CCC(=O)O. The Bertz CT molecular complexity index is 343. The van der Waals surface area contributed by atoms with Crippen molar-refractivity contribution in [3.8, 4) is 0 Å². The summed E-state index contributed by atoms with van der Waals surface area (Å²) < 4.78 is 0. The van der Waals surface area contributed by atoms with Crippen molar-refractivity contribution >= 4 is 23.8 Å². The molecule has 4 N–H and O–H groups in total. The molecule has 0 unspecified atom stereocenters. The van der Waals surface area contributed by atoms with Gasteiger partial charge in [-0.05, 0) is 6.42 Å². The normalized spacial score (nSPS) is 9.53. The molecule has 0 aliphatic rings. The van der Waals surface area contributed by atoms with Crippen LogP contribution in [-0.4, -0.2) is 42.0 Å². The average molecular weight is 273 g/mol. The van der Waals surface area contributed by atoms with Gasteiger partial charge in [-0.3, -0.25) is 19.7 Å². The lowest BCUT2D eigenvalue weighted by atomic mass is 10.3. The molecular weight excluding hydrogens is 254 g/mol. The molecule has 19 heavy (non-hydrogen) atoms. The number of carbonyl (C=O) groups is 4. The van der Waals surface area contributed by atoms with Crippen LogP contribution < -0.4 is 16.0 Å². The summed E-state index contributed by atoms with van der Waals surface area (Å²) in [5, 5.41) is 15.3. The third-order valence-corrected chi connectivity index (χ3v) is 2.03. The zero-order valence-electron chi connectivity index (χ0n) is 10.8. The Morgan fingerprint density at radius 1 is 0.895 bits per heavy atom. The van der Waals surface area contributed by atoms with Gasteiger partial charge in [0.2, 0.25) is 11.8 Å². The molecule has 0 atom stereocenters. The lowest BCUT2D eigenvalue weighted by Crippen LogP contribution is -2.41. The first kappa shape index (κ1) is 16.9. The number of aliphatic carboxylic acids is 1. The summed E-state index contributed by atoms with van der Waals surface area (Å²) >= 11 is 0. The molecule has 0 rings (SSSR count). The highest BCUT2D eigenvalue weighted by Crippen LogP contribution is 1.88. The van der Waals surface area contributed by atoms with E-state index in [4.69, 9.17) is 5.11 Å². The van der Waals surface area contributed by atoms with E-state index in [1.807, 2.05) is 12.2 Å². The zero-order valence-corrected chi connectivity index (χ0v) is 10.8. The maximum atomic E-state index is 11.2. The second-order valence-corrected chi connectivity index (χ2v) is 3.80. The minimum Gasteiger partial charge on any atom is -0.481 e. The van der Waals surface area contributed by atoms with E-state index in [9.17, 15) is 19.2 Å². The molecule has 108 valence electrons. The van der Waals surface area contributed by atoms with Gasteiger partial charge in [-0.1, -0.05) is 6.92 Å². The molecule has 0 aromatic carbocycles.